The summed E-state index contributed by atoms with van der Waals surface area (Å²) in [5, 5.41) is 2.23. The Morgan fingerprint density at radius 2 is 1.69 bits per heavy atom. The molecular weight excluding hydrogens is 466 g/mol. The Kier molecular flexibility index (Phi) is 5.98. The molecule has 4 heterocycles. The van der Waals surface area contributed by atoms with Crippen LogP contribution in [0.1, 0.15) is 54.3 Å². The van der Waals surface area contributed by atoms with Gasteiger partial charge < -0.3 is 14.5 Å². The Balaban J connectivity index is 1.23. The van der Waals surface area contributed by atoms with Gasteiger partial charge in [0.05, 0.1) is 16.8 Å². The van der Waals surface area contributed by atoms with Crippen LogP contribution in [0.15, 0.2) is 18.2 Å². The summed E-state index contributed by atoms with van der Waals surface area (Å²) in [6, 6.07) is 4.49. The van der Waals surface area contributed by atoms with Gasteiger partial charge in [0.1, 0.15) is 11.6 Å². The Labute approximate surface area is 209 Å². The van der Waals surface area contributed by atoms with Gasteiger partial charge in [-0.15, -0.1) is 0 Å². The number of piperazine rings is 1. The minimum Gasteiger partial charge on any atom is -0.444 e. The average Bonchev–Trinajstić information content (AvgIpc) is 3.03. The first-order chi connectivity index (χ1) is 17.0. The predicted molar refractivity (Wildman–Crippen MR) is 128 cm³/mol. The van der Waals surface area contributed by atoms with Crippen LogP contribution < -0.4 is 10.2 Å². The fourth-order valence-electron chi connectivity index (χ4n) is 5.25. The number of anilines is 1. The normalized spacial score (nSPS) is 23.5. The molecule has 0 radical (unpaired) electrons. The molecule has 0 aliphatic carbocycles. The first-order valence-electron chi connectivity index (χ1n) is 12.3. The van der Waals surface area contributed by atoms with Gasteiger partial charge in [-0.2, -0.15) is 0 Å². The maximum atomic E-state index is 13.4. The highest BCUT2D eigenvalue weighted by molar-refractivity contribution is 6.25. The Bertz CT molecular complexity index is 1130. The lowest BCUT2D eigenvalue weighted by Gasteiger charge is -2.48. The number of hydrogen-bond donors (Lipinski definition) is 1. The van der Waals surface area contributed by atoms with Crippen LogP contribution in [0.5, 0.6) is 0 Å². The molecule has 4 aliphatic rings. The lowest BCUT2D eigenvalue weighted by atomic mass is 10.0. The van der Waals surface area contributed by atoms with E-state index in [2.05, 4.69) is 15.1 Å². The second-order valence-electron chi connectivity index (χ2n) is 10.7. The third-order valence-electron chi connectivity index (χ3n) is 7.13. The average molecular weight is 498 g/mol. The summed E-state index contributed by atoms with van der Waals surface area (Å²) >= 11 is 0. The van der Waals surface area contributed by atoms with Gasteiger partial charge in [-0.05, 0) is 39.3 Å². The Morgan fingerprint density at radius 3 is 2.33 bits per heavy atom. The summed E-state index contributed by atoms with van der Waals surface area (Å²) in [7, 11) is 0. The van der Waals surface area contributed by atoms with Crippen LogP contribution in [0.3, 0.4) is 0 Å². The van der Waals surface area contributed by atoms with Gasteiger partial charge in [0.15, 0.2) is 0 Å². The monoisotopic (exact) mass is 497 g/mol. The van der Waals surface area contributed by atoms with Crippen molar-refractivity contribution < 1.29 is 28.7 Å². The molecule has 1 unspecified atom stereocenters. The van der Waals surface area contributed by atoms with Gasteiger partial charge in [-0.3, -0.25) is 34.3 Å². The molecule has 5 rings (SSSR count). The van der Waals surface area contributed by atoms with E-state index in [1.54, 1.807) is 17.0 Å². The highest BCUT2D eigenvalue weighted by Gasteiger charge is 2.46. The minimum atomic E-state index is -0.980. The van der Waals surface area contributed by atoms with Crippen LogP contribution >= 0.6 is 0 Å². The van der Waals surface area contributed by atoms with E-state index in [4.69, 9.17) is 4.74 Å². The number of nitrogens with zero attached hydrogens (tertiary/aromatic N) is 4. The van der Waals surface area contributed by atoms with Crippen molar-refractivity contribution in [2.45, 2.75) is 51.3 Å². The number of imide groups is 2. The molecule has 5 amide bonds. The van der Waals surface area contributed by atoms with E-state index in [-0.39, 0.29) is 30.5 Å². The van der Waals surface area contributed by atoms with Crippen molar-refractivity contribution >= 4 is 35.4 Å². The fourth-order valence-corrected chi connectivity index (χ4v) is 5.25. The number of benzene rings is 1. The summed E-state index contributed by atoms with van der Waals surface area (Å²) in [6.07, 6.45) is -0.0715. The number of fused-ring (bicyclic) bond motifs is 1. The third-order valence-corrected chi connectivity index (χ3v) is 7.13. The van der Waals surface area contributed by atoms with Gasteiger partial charge in [-0.1, -0.05) is 6.07 Å². The number of nitrogens with one attached hydrogen (secondary N) is 1. The first kappa shape index (κ1) is 24.2. The van der Waals surface area contributed by atoms with Gasteiger partial charge in [0, 0.05) is 51.7 Å². The molecule has 3 saturated heterocycles. The number of piperidine rings is 1. The Hall–Kier alpha value is -3.47. The highest BCUT2D eigenvalue weighted by Crippen LogP contribution is 2.35. The van der Waals surface area contributed by atoms with E-state index < -0.39 is 35.3 Å². The van der Waals surface area contributed by atoms with E-state index in [0.717, 1.165) is 18.0 Å². The highest BCUT2D eigenvalue weighted by atomic mass is 16.6. The van der Waals surface area contributed by atoms with Crippen molar-refractivity contribution in [3.8, 4) is 0 Å². The molecule has 11 heteroatoms. The number of carbonyl (C=O) groups is 5. The topological polar surface area (TPSA) is 120 Å². The molecule has 0 spiro atoms. The summed E-state index contributed by atoms with van der Waals surface area (Å²) in [6.45, 7) is 9.66. The van der Waals surface area contributed by atoms with Crippen LogP contribution in [-0.4, -0.2) is 101 Å². The molecule has 1 atom stereocenters. The van der Waals surface area contributed by atoms with Crippen LogP contribution in [0.25, 0.3) is 0 Å². The largest absolute Gasteiger partial charge is 0.444 e. The number of hydrogen-bond acceptors (Lipinski definition) is 8. The molecule has 1 aromatic rings. The van der Waals surface area contributed by atoms with Crippen LogP contribution in [-0.2, 0) is 14.3 Å². The maximum absolute atomic E-state index is 13.4. The van der Waals surface area contributed by atoms with E-state index in [9.17, 15) is 24.0 Å². The third kappa shape index (κ3) is 4.32. The SMILES string of the molecule is CC(C)(C)OC(=O)N1CC(N2CCN(c3cccc4c3C(=O)N(C3CCC(=O)NC3=O)C4=O)CC2)C1. The quantitative estimate of drug-likeness (QED) is 0.610. The van der Waals surface area contributed by atoms with Crippen molar-refractivity contribution in [1.29, 1.82) is 0 Å². The van der Waals surface area contributed by atoms with Crippen LogP contribution in [0.4, 0.5) is 10.5 Å². The predicted octanol–water partition coefficient (Wildman–Crippen LogP) is 0.829. The van der Waals surface area contributed by atoms with Gasteiger partial charge in [0.2, 0.25) is 11.8 Å². The zero-order chi connectivity index (χ0) is 25.8. The number of amides is 5. The van der Waals surface area contributed by atoms with Crippen molar-refractivity contribution in [2.24, 2.45) is 0 Å². The molecule has 0 saturated carbocycles. The fraction of sp³-hybridized carbons (Fsp3) is 0.560. The van der Waals surface area contributed by atoms with E-state index in [0.29, 0.717) is 37.4 Å². The van der Waals surface area contributed by atoms with Gasteiger partial charge >= 0.3 is 6.09 Å². The second kappa shape index (κ2) is 8.88. The zero-order valence-electron chi connectivity index (χ0n) is 20.8. The number of ether oxygens (including phenoxy) is 1. The Morgan fingerprint density at radius 1 is 1.00 bits per heavy atom. The number of likely N-dealkylation sites (tertiary alicyclic amines) is 1. The first-order valence-corrected chi connectivity index (χ1v) is 12.3. The smallest absolute Gasteiger partial charge is 0.410 e. The molecule has 36 heavy (non-hydrogen) atoms. The molecule has 1 N–H and O–H groups in total. The molecule has 192 valence electrons. The summed E-state index contributed by atoms with van der Waals surface area (Å²) in [4.78, 5) is 69.7. The maximum Gasteiger partial charge on any atom is 0.410 e. The lowest BCUT2D eigenvalue weighted by molar-refractivity contribution is -0.136. The van der Waals surface area contributed by atoms with Crippen LogP contribution in [0, 0.1) is 0 Å². The van der Waals surface area contributed by atoms with Crippen molar-refractivity contribution in [3.05, 3.63) is 29.3 Å². The molecule has 4 aliphatic heterocycles. The van der Waals surface area contributed by atoms with E-state index >= 15 is 0 Å². The summed E-state index contributed by atoms with van der Waals surface area (Å²) in [5.41, 5.74) is 0.775. The summed E-state index contributed by atoms with van der Waals surface area (Å²) < 4.78 is 5.43. The standard InChI is InChI=1S/C25H31N5O6/c1-25(2,3)36-24(35)29-13-15(14-29)27-9-11-28(12-10-27)17-6-4-5-16-20(17)23(34)30(22(16)33)18-7-8-19(31)26-21(18)32/h4-6,15,18H,7-14H2,1-3H3,(H,26,31,32). The van der Waals surface area contributed by atoms with Crippen molar-refractivity contribution in [2.75, 3.05) is 44.2 Å². The van der Waals surface area contributed by atoms with E-state index in [1.807, 2.05) is 26.8 Å². The van der Waals surface area contributed by atoms with Gasteiger partial charge in [0.25, 0.3) is 11.8 Å². The zero-order valence-corrected chi connectivity index (χ0v) is 20.8. The van der Waals surface area contributed by atoms with Crippen molar-refractivity contribution in [3.63, 3.8) is 0 Å². The lowest BCUT2D eigenvalue weighted by Crippen LogP contribution is -2.64. The number of carbonyl (C=O) groups excluding carboxylic acids is 5. The molecule has 0 bridgehead atoms. The number of rotatable bonds is 3. The van der Waals surface area contributed by atoms with Gasteiger partial charge in [-0.25, -0.2) is 4.79 Å². The van der Waals surface area contributed by atoms with Crippen molar-refractivity contribution in [1.82, 2.24) is 20.0 Å². The van der Waals surface area contributed by atoms with E-state index in [1.165, 1.54) is 0 Å². The molecule has 1 aromatic carbocycles. The molecule has 3 fully saturated rings. The second-order valence-corrected chi connectivity index (χ2v) is 10.7. The minimum absolute atomic E-state index is 0.0884. The molecule has 11 nitrogen and oxygen atoms in total. The summed E-state index contributed by atoms with van der Waals surface area (Å²) in [5.74, 6) is -2.00. The van der Waals surface area contributed by atoms with Crippen LogP contribution in [0.2, 0.25) is 0 Å². The molecule has 0 aromatic heterocycles. The molecular formula is C25H31N5O6.